The van der Waals surface area contributed by atoms with Crippen molar-refractivity contribution in [2.75, 3.05) is 0 Å². The summed E-state index contributed by atoms with van der Waals surface area (Å²) in [6.45, 7) is 8.07. The molecule has 0 spiro atoms. The second-order valence-electron chi connectivity index (χ2n) is 3.51. The molecule has 0 aromatic carbocycles. The zero-order valence-corrected chi connectivity index (χ0v) is 11.4. The van der Waals surface area contributed by atoms with Crippen LogP contribution in [0.5, 0.6) is 0 Å². The van der Waals surface area contributed by atoms with Crippen LogP contribution in [0.15, 0.2) is 35.5 Å². The molecular formula is C17H22. The molecule has 0 nitrogen and oxygen atoms in total. The molecule has 0 saturated carbocycles. The predicted molar refractivity (Wildman–Crippen MR) is 77.4 cm³/mol. The van der Waals surface area contributed by atoms with E-state index in [0.717, 1.165) is 24.8 Å². The first kappa shape index (κ1) is 15.3. The summed E-state index contributed by atoms with van der Waals surface area (Å²) in [5, 5.41) is 0. The van der Waals surface area contributed by atoms with Crippen molar-refractivity contribution in [2.45, 2.75) is 47.0 Å². The van der Waals surface area contributed by atoms with Crippen LogP contribution >= 0.6 is 0 Å². The van der Waals surface area contributed by atoms with Gasteiger partial charge in [0.2, 0.25) is 0 Å². The molecule has 0 radical (unpaired) electrons. The van der Waals surface area contributed by atoms with Gasteiger partial charge in [-0.3, -0.25) is 0 Å². The van der Waals surface area contributed by atoms with Crippen LogP contribution < -0.4 is 0 Å². The van der Waals surface area contributed by atoms with Crippen LogP contribution in [0.4, 0.5) is 0 Å². The highest BCUT2D eigenvalue weighted by Gasteiger charge is 1.97. The molecule has 90 valence electrons. The summed E-state index contributed by atoms with van der Waals surface area (Å²) in [5.74, 6) is 12.3. The largest absolute Gasteiger partial charge is 0.101 e. The monoisotopic (exact) mass is 226 g/mol. The Kier molecular flexibility index (Phi) is 9.79. The highest BCUT2D eigenvalue weighted by atomic mass is 14.0. The molecule has 0 aliphatic heterocycles. The zero-order valence-electron chi connectivity index (χ0n) is 11.4. The number of allylic oxidation sites excluding steroid dienone is 6. The normalized spacial score (nSPS) is 11.8. The number of hydrogen-bond acceptors (Lipinski definition) is 0. The third kappa shape index (κ3) is 7.26. The smallest absolute Gasteiger partial charge is 0.0778 e. The molecular weight excluding hydrogens is 204 g/mol. The van der Waals surface area contributed by atoms with Gasteiger partial charge in [-0.15, -0.1) is 5.92 Å². The van der Waals surface area contributed by atoms with Gasteiger partial charge < -0.3 is 0 Å². The van der Waals surface area contributed by atoms with Gasteiger partial charge in [0.05, 0.1) is 5.57 Å². The molecule has 0 bridgehead atoms. The van der Waals surface area contributed by atoms with Crippen molar-refractivity contribution in [3.05, 3.63) is 35.5 Å². The lowest BCUT2D eigenvalue weighted by Gasteiger charge is -1.99. The first-order valence-corrected chi connectivity index (χ1v) is 6.22. The van der Waals surface area contributed by atoms with Gasteiger partial charge in [0.15, 0.2) is 0 Å². The quantitative estimate of drug-likeness (QED) is 0.372. The van der Waals surface area contributed by atoms with E-state index >= 15 is 0 Å². The zero-order chi connectivity index (χ0) is 12.9. The molecule has 0 aliphatic rings. The average molecular weight is 226 g/mol. The lowest BCUT2D eigenvalue weighted by molar-refractivity contribution is 1.19. The fourth-order valence-electron chi connectivity index (χ4n) is 1.25. The summed E-state index contributed by atoms with van der Waals surface area (Å²) >= 11 is 0. The van der Waals surface area contributed by atoms with E-state index in [1.54, 1.807) is 0 Å². The Morgan fingerprint density at radius 2 is 1.88 bits per heavy atom. The van der Waals surface area contributed by atoms with E-state index in [4.69, 9.17) is 0 Å². The maximum Gasteiger partial charge on any atom is 0.0778 e. The fourth-order valence-corrected chi connectivity index (χ4v) is 1.25. The predicted octanol–water partition coefficient (Wildman–Crippen LogP) is 4.65. The molecule has 17 heavy (non-hydrogen) atoms. The van der Waals surface area contributed by atoms with Gasteiger partial charge >= 0.3 is 0 Å². The summed E-state index contributed by atoms with van der Waals surface area (Å²) in [4.78, 5) is 0. The lowest BCUT2D eigenvalue weighted by Crippen LogP contribution is -1.85. The lowest BCUT2D eigenvalue weighted by atomic mass is 10.0. The summed E-state index contributed by atoms with van der Waals surface area (Å²) < 4.78 is 0. The van der Waals surface area contributed by atoms with E-state index in [1.807, 2.05) is 13.8 Å². The minimum absolute atomic E-state index is 0.864. The van der Waals surface area contributed by atoms with Crippen LogP contribution in [0.2, 0.25) is 0 Å². The molecule has 0 saturated heterocycles. The fraction of sp³-hybridized carbons (Fsp3) is 0.412. The van der Waals surface area contributed by atoms with E-state index in [9.17, 15) is 0 Å². The van der Waals surface area contributed by atoms with E-state index in [2.05, 4.69) is 61.8 Å². The van der Waals surface area contributed by atoms with Crippen LogP contribution in [0.1, 0.15) is 47.0 Å². The Morgan fingerprint density at radius 1 is 1.12 bits per heavy atom. The first-order chi connectivity index (χ1) is 8.29. The molecule has 0 heteroatoms. The minimum atomic E-state index is 0.864. The molecule has 0 rings (SSSR count). The maximum absolute atomic E-state index is 3.16. The average Bonchev–Trinajstić information content (AvgIpc) is 2.35. The summed E-state index contributed by atoms with van der Waals surface area (Å²) in [7, 11) is 0. The Balaban J connectivity index is 5.34. The van der Waals surface area contributed by atoms with Crippen LogP contribution in [0.25, 0.3) is 0 Å². The van der Waals surface area contributed by atoms with Gasteiger partial charge in [0.25, 0.3) is 0 Å². The van der Waals surface area contributed by atoms with Crippen molar-refractivity contribution in [3.63, 3.8) is 0 Å². The van der Waals surface area contributed by atoms with Crippen LogP contribution in [0.3, 0.4) is 0 Å². The standard InChI is InChI=1S/C17H22/c1-5-9-13-16(12-8-4)17(14-10-6-2)15-11-7-3/h6,10-11,15H,5,7,14H2,1-4H3. The maximum atomic E-state index is 3.16. The summed E-state index contributed by atoms with van der Waals surface area (Å²) in [6.07, 6.45) is 11.3. The summed E-state index contributed by atoms with van der Waals surface area (Å²) in [5.41, 5.74) is 2.16. The molecule has 0 aliphatic carbocycles. The van der Waals surface area contributed by atoms with Crippen molar-refractivity contribution in [1.29, 1.82) is 0 Å². The van der Waals surface area contributed by atoms with Gasteiger partial charge in [-0.1, -0.05) is 55.9 Å². The SMILES string of the molecule is CC#CC(C#CCC)=C(C=CCC)CC=CC. The molecule has 0 heterocycles. The molecule has 0 N–H and O–H groups in total. The molecule has 0 atom stereocenters. The highest BCUT2D eigenvalue weighted by molar-refractivity contribution is 5.51. The third-order valence-corrected chi connectivity index (χ3v) is 2.09. The molecule has 0 fully saturated rings. The van der Waals surface area contributed by atoms with Crippen molar-refractivity contribution < 1.29 is 0 Å². The van der Waals surface area contributed by atoms with Gasteiger partial charge in [0.1, 0.15) is 0 Å². The highest BCUT2D eigenvalue weighted by Crippen LogP contribution is 2.11. The van der Waals surface area contributed by atoms with Crippen LogP contribution in [-0.2, 0) is 0 Å². The van der Waals surface area contributed by atoms with Crippen molar-refractivity contribution >= 4 is 0 Å². The minimum Gasteiger partial charge on any atom is -0.101 e. The van der Waals surface area contributed by atoms with Gasteiger partial charge in [0, 0.05) is 6.42 Å². The first-order valence-electron chi connectivity index (χ1n) is 6.22. The van der Waals surface area contributed by atoms with Crippen molar-refractivity contribution in [1.82, 2.24) is 0 Å². The Morgan fingerprint density at radius 3 is 2.41 bits per heavy atom. The molecule has 0 amide bonds. The van der Waals surface area contributed by atoms with E-state index in [-0.39, 0.29) is 0 Å². The molecule has 0 unspecified atom stereocenters. The second-order valence-corrected chi connectivity index (χ2v) is 3.51. The molecule has 0 aromatic heterocycles. The van der Waals surface area contributed by atoms with E-state index in [0.29, 0.717) is 0 Å². The van der Waals surface area contributed by atoms with E-state index < -0.39 is 0 Å². The number of rotatable bonds is 4. The Labute approximate surface area is 107 Å². The number of hydrogen-bond donors (Lipinski definition) is 0. The van der Waals surface area contributed by atoms with Gasteiger partial charge in [-0.25, -0.2) is 0 Å². The topological polar surface area (TPSA) is 0 Å². The Bertz CT molecular complexity index is 408. The van der Waals surface area contributed by atoms with Crippen molar-refractivity contribution in [3.8, 4) is 23.7 Å². The molecule has 0 aromatic rings. The van der Waals surface area contributed by atoms with E-state index in [1.165, 1.54) is 5.57 Å². The Hall–Kier alpha value is -1.66. The second kappa shape index (κ2) is 10.8. The van der Waals surface area contributed by atoms with Crippen LogP contribution in [0, 0.1) is 23.7 Å². The van der Waals surface area contributed by atoms with Gasteiger partial charge in [-0.2, -0.15) is 0 Å². The van der Waals surface area contributed by atoms with Crippen molar-refractivity contribution in [2.24, 2.45) is 0 Å². The third-order valence-electron chi connectivity index (χ3n) is 2.09. The van der Waals surface area contributed by atoms with Crippen LogP contribution in [-0.4, -0.2) is 0 Å². The van der Waals surface area contributed by atoms with Gasteiger partial charge in [-0.05, 0) is 32.3 Å². The summed E-state index contributed by atoms with van der Waals surface area (Å²) in [6, 6.07) is 0.